The van der Waals surface area contributed by atoms with Crippen molar-refractivity contribution in [1.29, 1.82) is 0 Å². The van der Waals surface area contributed by atoms with Gasteiger partial charge in [-0.05, 0) is 68.9 Å². The van der Waals surface area contributed by atoms with E-state index < -0.39 is 5.97 Å². The minimum atomic E-state index is -0.460. The second-order valence-electron chi connectivity index (χ2n) is 7.98. The lowest BCUT2D eigenvalue weighted by molar-refractivity contribution is 0.0479. The van der Waals surface area contributed by atoms with E-state index in [-0.39, 0.29) is 18.2 Å². The fourth-order valence-electron chi connectivity index (χ4n) is 4.14. The number of halogens is 1. The zero-order valence-corrected chi connectivity index (χ0v) is 18.1. The van der Waals surface area contributed by atoms with Crippen molar-refractivity contribution in [3.05, 3.63) is 74.5 Å². The number of carbonyl (C=O) groups is 2. The molecule has 0 amide bonds. The quantitative estimate of drug-likeness (QED) is 0.403. The zero-order valence-electron chi connectivity index (χ0n) is 17.3. The fourth-order valence-corrected chi connectivity index (χ4v) is 5.24. The fraction of sp³-hybridized carbons (Fsp3) is 0.333. The molecule has 1 aliphatic carbocycles. The number of thiophene rings is 1. The van der Waals surface area contributed by atoms with E-state index in [0.717, 1.165) is 25.0 Å². The van der Waals surface area contributed by atoms with Crippen molar-refractivity contribution in [3.8, 4) is 5.69 Å². The number of carbonyl (C=O) groups excluding carboxylic acids is 2. The third kappa shape index (κ3) is 3.84. The molecule has 1 aliphatic rings. The molecule has 6 heteroatoms. The summed E-state index contributed by atoms with van der Waals surface area (Å²) in [6.45, 7) is 5.47. The van der Waals surface area contributed by atoms with Gasteiger partial charge in [-0.1, -0.05) is 19.1 Å². The SMILES string of the molecule is Cc1cc(C(=O)COC(=O)c2cc3c(s2)CC[C@@H](C)C3)c(C)n1-c1ccccc1F. The lowest BCUT2D eigenvalue weighted by Gasteiger charge is -2.16. The molecule has 156 valence electrons. The normalized spacial score (nSPS) is 15.7. The van der Waals surface area contributed by atoms with Crippen LogP contribution in [0.4, 0.5) is 4.39 Å². The van der Waals surface area contributed by atoms with Crippen LogP contribution in [-0.4, -0.2) is 22.9 Å². The average molecular weight is 426 g/mol. The van der Waals surface area contributed by atoms with E-state index in [9.17, 15) is 14.0 Å². The predicted molar refractivity (Wildman–Crippen MR) is 115 cm³/mol. The molecule has 0 aliphatic heterocycles. The molecule has 30 heavy (non-hydrogen) atoms. The number of aryl methyl sites for hydroxylation is 2. The van der Waals surface area contributed by atoms with Crippen molar-refractivity contribution in [1.82, 2.24) is 4.57 Å². The monoisotopic (exact) mass is 425 g/mol. The first kappa shape index (κ1) is 20.5. The molecule has 0 bridgehead atoms. The van der Waals surface area contributed by atoms with Gasteiger partial charge in [0, 0.05) is 21.8 Å². The lowest BCUT2D eigenvalue weighted by atomic mass is 9.90. The van der Waals surface area contributed by atoms with Gasteiger partial charge in [0.2, 0.25) is 5.78 Å². The third-order valence-corrected chi connectivity index (χ3v) is 6.91. The van der Waals surface area contributed by atoms with E-state index >= 15 is 0 Å². The molecule has 0 radical (unpaired) electrons. The molecule has 1 aromatic carbocycles. The number of nitrogens with zero attached hydrogens (tertiary/aromatic N) is 1. The smallest absolute Gasteiger partial charge is 0.348 e. The number of aromatic nitrogens is 1. The van der Waals surface area contributed by atoms with E-state index in [4.69, 9.17) is 4.74 Å². The highest BCUT2D eigenvalue weighted by molar-refractivity contribution is 7.14. The van der Waals surface area contributed by atoms with Crippen LogP contribution in [0.25, 0.3) is 5.69 Å². The van der Waals surface area contributed by atoms with Crippen molar-refractivity contribution < 1.29 is 18.7 Å². The average Bonchev–Trinajstić information content (AvgIpc) is 3.27. The highest BCUT2D eigenvalue weighted by Gasteiger charge is 2.23. The minimum Gasteiger partial charge on any atom is -0.453 e. The lowest BCUT2D eigenvalue weighted by Crippen LogP contribution is -2.14. The molecule has 0 unspecified atom stereocenters. The summed E-state index contributed by atoms with van der Waals surface area (Å²) in [6, 6.07) is 10.1. The summed E-state index contributed by atoms with van der Waals surface area (Å²) in [4.78, 5) is 27.0. The van der Waals surface area contributed by atoms with Crippen LogP contribution < -0.4 is 0 Å². The van der Waals surface area contributed by atoms with Crippen LogP contribution >= 0.6 is 11.3 Å². The second-order valence-corrected chi connectivity index (χ2v) is 9.11. The van der Waals surface area contributed by atoms with Gasteiger partial charge >= 0.3 is 5.97 Å². The number of ketones is 1. The molecule has 2 heterocycles. The number of Topliss-reactive ketones (excluding diaryl/α,β-unsaturated/α-hetero) is 1. The summed E-state index contributed by atoms with van der Waals surface area (Å²) >= 11 is 1.47. The molecule has 3 aromatic rings. The van der Waals surface area contributed by atoms with Crippen molar-refractivity contribution >= 4 is 23.1 Å². The number of esters is 1. The Hall–Kier alpha value is -2.73. The standard InChI is InChI=1S/C24H24FNO3S/c1-14-8-9-22-17(10-14)12-23(30-22)24(28)29-13-21(27)18-11-15(2)26(16(18)3)20-7-5-4-6-19(20)25/h4-7,11-12,14H,8-10,13H2,1-3H3/t14-/m1/s1. The van der Waals surface area contributed by atoms with Crippen LogP contribution in [0.1, 0.15) is 55.2 Å². The predicted octanol–water partition coefficient (Wildman–Crippen LogP) is 5.46. The summed E-state index contributed by atoms with van der Waals surface area (Å²) in [7, 11) is 0. The minimum absolute atomic E-state index is 0.297. The number of rotatable bonds is 5. The van der Waals surface area contributed by atoms with Crippen LogP contribution in [-0.2, 0) is 17.6 Å². The Morgan fingerprint density at radius 2 is 2.00 bits per heavy atom. The molecule has 0 saturated heterocycles. The number of hydrogen-bond acceptors (Lipinski definition) is 4. The van der Waals surface area contributed by atoms with Gasteiger partial charge in [0.05, 0.1) is 5.69 Å². The van der Waals surface area contributed by atoms with E-state index in [1.807, 2.05) is 13.0 Å². The molecular weight excluding hydrogens is 401 g/mol. The molecule has 0 saturated carbocycles. The summed E-state index contributed by atoms with van der Waals surface area (Å²) in [5.74, 6) is -0.491. The van der Waals surface area contributed by atoms with E-state index in [1.165, 1.54) is 27.8 Å². The van der Waals surface area contributed by atoms with Gasteiger partial charge in [-0.3, -0.25) is 4.79 Å². The zero-order chi connectivity index (χ0) is 21.4. The Morgan fingerprint density at radius 3 is 2.77 bits per heavy atom. The van der Waals surface area contributed by atoms with E-state index in [2.05, 4.69) is 6.92 Å². The van der Waals surface area contributed by atoms with Gasteiger partial charge in [0.15, 0.2) is 6.61 Å². The highest BCUT2D eigenvalue weighted by Crippen LogP contribution is 2.32. The number of fused-ring (bicyclic) bond motifs is 1. The topological polar surface area (TPSA) is 48.3 Å². The number of ether oxygens (including phenoxy) is 1. The maximum atomic E-state index is 14.2. The number of para-hydroxylation sites is 1. The summed E-state index contributed by atoms with van der Waals surface area (Å²) < 4.78 is 21.3. The van der Waals surface area contributed by atoms with Crippen molar-refractivity contribution in [3.63, 3.8) is 0 Å². The van der Waals surface area contributed by atoms with Gasteiger partial charge in [-0.15, -0.1) is 11.3 Å². The summed E-state index contributed by atoms with van der Waals surface area (Å²) in [5, 5.41) is 0. The van der Waals surface area contributed by atoms with E-state index in [1.54, 1.807) is 35.8 Å². The maximum absolute atomic E-state index is 14.2. The first-order chi connectivity index (χ1) is 14.3. The Kier molecular flexibility index (Phi) is 5.60. The number of benzene rings is 1. The molecule has 4 nitrogen and oxygen atoms in total. The highest BCUT2D eigenvalue weighted by atomic mass is 32.1. The Morgan fingerprint density at radius 1 is 1.23 bits per heavy atom. The van der Waals surface area contributed by atoms with Gasteiger partial charge in [0.25, 0.3) is 0 Å². The molecule has 2 aromatic heterocycles. The third-order valence-electron chi connectivity index (χ3n) is 5.69. The van der Waals surface area contributed by atoms with Crippen molar-refractivity contribution in [2.24, 2.45) is 5.92 Å². The molecular formula is C24H24FNO3S. The van der Waals surface area contributed by atoms with Gasteiger partial charge in [0.1, 0.15) is 10.7 Å². The Bertz CT molecular complexity index is 1130. The maximum Gasteiger partial charge on any atom is 0.348 e. The van der Waals surface area contributed by atoms with Gasteiger partial charge < -0.3 is 9.30 Å². The van der Waals surface area contributed by atoms with Crippen molar-refractivity contribution in [2.45, 2.75) is 40.0 Å². The van der Waals surface area contributed by atoms with Crippen molar-refractivity contribution in [2.75, 3.05) is 6.61 Å². The van der Waals surface area contributed by atoms with Crippen LogP contribution in [0, 0.1) is 25.6 Å². The van der Waals surface area contributed by atoms with Crippen LogP contribution in [0.2, 0.25) is 0 Å². The largest absolute Gasteiger partial charge is 0.453 e. The molecule has 0 spiro atoms. The Balaban J connectivity index is 1.48. The molecule has 0 fully saturated rings. The molecule has 0 N–H and O–H groups in total. The summed E-state index contributed by atoms with van der Waals surface area (Å²) in [5.41, 5.74) is 3.42. The first-order valence-corrected chi connectivity index (χ1v) is 10.9. The number of hydrogen-bond donors (Lipinski definition) is 0. The van der Waals surface area contributed by atoms with Gasteiger partial charge in [-0.25, -0.2) is 9.18 Å². The molecule has 1 atom stereocenters. The molecule has 4 rings (SSSR count). The second kappa shape index (κ2) is 8.19. The van der Waals surface area contributed by atoms with Crippen LogP contribution in [0.3, 0.4) is 0 Å². The Labute approximate surface area is 179 Å². The van der Waals surface area contributed by atoms with Gasteiger partial charge in [-0.2, -0.15) is 0 Å². The van der Waals surface area contributed by atoms with Crippen LogP contribution in [0.15, 0.2) is 36.4 Å². The van der Waals surface area contributed by atoms with E-state index in [0.29, 0.717) is 27.7 Å². The first-order valence-electron chi connectivity index (χ1n) is 10.1. The summed E-state index contributed by atoms with van der Waals surface area (Å²) in [6.07, 6.45) is 3.12. The van der Waals surface area contributed by atoms with Crippen LogP contribution in [0.5, 0.6) is 0 Å².